The second-order valence-electron chi connectivity index (χ2n) is 6.39. The summed E-state index contributed by atoms with van der Waals surface area (Å²) in [5.41, 5.74) is 1.94. The Kier molecular flexibility index (Phi) is 7.38. The van der Waals surface area contributed by atoms with Gasteiger partial charge < -0.3 is 10.1 Å². The fourth-order valence-electron chi connectivity index (χ4n) is 2.68. The number of carbonyl (C=O) groups is 1. The van der Waals surface area contributed by atoms with Crippen LogP contribution in [0.3, 0.4) is 0 Å². The summed E-state index contributed by atoms with van der Waals surface area (Å²) in [5, 5.41) is 2.85. The molecule has 1 N–H and O–H groups in total. The van der Waals surface area contributed by atoms with Gasteiger partial charge in [0.15, 0.2) is 0 Å². The third kappa shape index (κ3) is 6.69. The molecule has 0 aliphatic heterocycles. The zero-order chi connectivity index (χ0) is 19.9. The zero-order valence-corrected chi connectivity index (χ0v) is 16.7. The molecule has 1 atom stereocenters. The second kappa shape index (κ2) is 9.53. The summed E-state index contributed by atoms with van der Waals surface area (Å²) >= 11 is 0. The van der Waals surface area contributed by atoms with Crippen molar-refractivity contribution in [2.45, 2.75) is 19.4 Å². The molecule has 27 heavy (non-hydrogen) atoms. The molecule has 1 amide bonds. The Balaban J connectivity index is 1.96. The third-order valence-electron chi connectivity index (χ3n) is 4.27. The molecule has 2 aromatic rings. The van der Waals surface area contributed by atoms with Crippen LogP contribution in [0.2, 0.25) is 0 Å². The Labute approximate surface area is 161 Å². The largest absolute Gasteiger partial charge is 0.497 e. The molecule has 0 aliphatic rings. The molecule has 6 nitrogen and oxygen atoms in total. The summed E-state index contributed by atoms with van der Waals surface area (Å²) in [4.78, 5) is 12.4. The van der Waals surface area contributed by atoms with Crippen LogP contribution in [0, 0.1) is 0 Å². The van der Waals surface area contributed by atoms with E-state index in [9.17, 15) is 13.2 Å². The first-order chi connectivity index (χ1) is 12.8. The Morgan fingerprint density at radius 1 is 1.11 bits per heavy atom. The summed E-state index contributed by atoms with van der Waals surface area (Å²) < 4.78 is 30.4. The molecule has 2 aromatic carbocycles. The SMILES string of the molecule is COc1ccc(C(C)NC(=O)CN(CCc2ccccc2)S(C)(=O)=O)cc1. The van der Waals surface area contributed by atoms with Gasteiger partial charge in [-0.25, -0.2) is 8.42 Å². The van der Waals surface area contributed by atoms with Crippen molar-refractivity contribution in [2.75, 3.05) is 26.5 Å². The second-order valence-corrected chi connectivity index (χ2v) is 8.38. The van der Waals surface area contributed by atoms with Gasteiger partial charge in [0.2, 0.25) is 15.9 Å². The minimum Gasteiger partial charge on any atom is -0.497 e. The van der Waals surface area contributed by atoms with Crippen molar-refractivity contribution in [3.05, 3.63) is 65.7 Å². The molecule has 0 fully saturated rings. The highest BCUT2D eigenvalue weighted by Gasteiger charge is 2.21. The zero-order valence-electron chi connectivity index (χ0n) is 15.9. The summed E-state index contributed by atoms with van der Waals surface area (Å²) in [6, 6.07) is 16.7. The highest BCUT2D eigenvalue weighted by atomic mass is 32.2. The van der Waals surface area contributed by atoms with Crippen molar-refractivity contribution in [3.63, 3.8) is 0 Å². The average molecular weight is 391 g/mol. The highest BCUT2D eigenvalue weighted by molar-refractivity contribution is 7.88. The van der Waals surface area contributed by atoms with Crippen LogP contribution < -0.4 is 10.1 Å². The Morgan fingerprint density at radius 2 is 1.74 bits per heavy atom. The average Bonchev–Trinajstić information content (AvgIpc) is 2.65. The molecule has 0 aliphatic carbocycles. The topological polar surface area (TPSA) is 75.7 Å². The minimum atomic E-state index is -3.48. The highest BCUT2D eigenvalue weighted by Crippen LogP contribution is 2.17. The molecule has 146 valence electrons. The van der Waals surface area contributed by atoms with Crippen LogP contribution in [-0.4, -0.2) is 45.1 Å². The van der Waals surface area contributed by atoms with Gasteiger partial charge in [-0.1, -0.05) is 42.5 Å². The van der Waals surface area contributed by atoms with Crippen LogP contribution in [0.5, 0.6) is 5.75 Å². The normalized spacial score (nSPS) is 12.6. The molecule has 7 heteroatoms. The summed E-state index contributed by atoms with van der Waals surface area (Å²) in [5.74, 6) is 0.401. The van der Waals surface area contributed by atoms with E-state index < -0.39 is 10.0 Å². The van der Waals surface area contributed by atoms with Crippen molar-refractivity contribution < 1.29 is 17.9 Å². The number of sulfonamides is 1. The third-order valence-corrected chi connectivity index (χ3v) is 5.52. The van der Waals surface area contributed by atoms with E-state index in [1.54, 1.807) is 7.11 Å². The molecule has 0 radical (unpaired) electrons. The van der Waals surface area contributed by atoms with Crippen LogP contribution in [-0.2, 0) is 21.2 Å². The fourth-order valence-corrected chi connectivity index (χ4v) is 3.46. The van der Waals surface area contributed by atoms with Crippen LogP contribution >= 0.6 is 0 Å². The first-order valence-corrected chi connectivity index (χ1v) is 10.6. The van der Waals surface area contributed by atoms with E-state index in [1.165, 1.54) is 4.31 Å². The van der Waals surface area contributed by atoms with Gasteiger partial charge in [-0.15, -0.1) is 0 Å². The van der Waals surface area contributed by atoms with Gasteiger partial charge in [0.1, 0.15) is 5.75 Å². The van der Waals surface area contributed by atoms with Crippen molar-refractivity contribution in [1.82, 2.24) is 9.62 Å². The number of hydrogen-bond acceptors (Lipinski definition) is 4. The van der Waals surface area contributed by atoms with E-state index in [0.717, 1.165) is 23.1 Å². The number of nitrogens with zero attached hydrogens (tertiary/aromatic N) is 1. The van der Waals surface area contributed by atoms with Crippen molar-refractivity contribution in [1.29, 1.82) is 0 Å². The monoisotopic (exact) mass is 390 g/mol. The summed E-state index contributed by atoms with van der Waals surface area (Å²) in [7, 11) is -1.89. The maximum atomic E-state index is 12.4. The van der Waals surface area contributed by atoms with Gasteiger partial charge >= 0.3 is 0 Å². The number of ether oxygens (including phenoxy) is 1. The smallest absolute Gasteiger partial charge is 0.235 e. The lowest BCUT2D eigenvalue weighted by molar-refractivity contribution is -0.121. The molecule has 2 rings (SSSR count). The molecule has 0 bridgehead atoms. The Bertz CT molecular complexity index is 836. The molecular formula is C20H26N2O4S. The number of rotatable bonds is 9. The van der Waals surface area contributed by atoms with Crippen LogP contribution in [0.4, 0.5) is 0 Å². The van der Waals surface area contributed by atoms with Gasteiger partial charge in [0.05, 0.1) is 26.0 Å². The first-order valence-electron chi connectivity index (χ1n) is 8.72. The summed E-state index contributed by atoms with van der Waals surface area (Å²) in [6.45, 7) is 1.91. The number of benzene rings is 2. The number of amides is 1. The van der Waals surface area contributed by atoms with Gasteiger partial charge in [-0.2, -0.15) is 4.31 Å². The number of methoxy groups -OCH3 is 1. The quantitative estimate of drug-likeness (QED) is 0.713. The number of carbonyl (C=O) groups excluding carboxylic acids is 1. The predicted molar refractivity (Wildman–Crippen MR) is 106 cm³/mol. The van der Waals surface area contributed by atoms with Crippen LogP contribution in [0.15, 0.2) is 54.6 Å². The molecule has 0 aromatic heterocycles. The van der Waals surface area contributed by atoms with E-state index in [4.69, 9.17) is 4.74 Å². The molecule has 0 saturated heterocycles. The van der Waals surface area contributed by atoms with Crippen molar-refractivity contribution >= 4 is 15.9 Å². The Hall–Kier alpha value is -2.38. The van der Waals surface area contributed by atoms with Crippen LogP contribution in [0.25, 0.3) is 0 Å². The molecule has 0 spiro atoms. The summed E-state index contributed by atoms with van der Waals surface area (Å²) in [6.07, 6.45) is 1.67. The number of hydrogen-bond donors (Lipinski definition) is 1. The predicted octanol–water partition coefficient (Wildman–Crippen LogP) is 2.38. The van der Waals surface area contributed by atoms with E-state index >= 15 is 0 Å². The lowest BCUT2D eigenvalue weighted by Gasteiger charge is -2.21. The van der Waals surface area contributed by atoms with Crippen molar-refractivity contribution in [3.8, 4) is 5.75 Å². The maximum absolute atomic E-state index is 12.4. The van der Waals surface area contributed by atoms with Gasteiger partial charge in [0.25, 0.3) is 0 Å². The minimum absolute atomic E-state index is 0.202. The van der Waals surface area contributed by atoms with Gasteiger partial charge in [0, 0.05) is 6.54 Å². The first kappa shape index (κ1) is 20.9. The lowest BCUT2D eigenvalue weighted by Crippen LogP contribution is -2.41. The van der Waals surface area contributed by atoms with E-state index in [-0.39, 0.29) is 25.0 Å². The maximum Gasteiger partial charge on any atom is 0.235 e. The number of nitrogens with one attached hydrogen (secondary N) is 1. The van der Waals surface area contributed by atoms with E-state index in [0.29, 0.717) is 6.42 Å². The standard InChI is InChI=1S/C20H26N2O4S/c1-16(18-9-11-19(26-2)12-10-18)21-20(23)15-22(27(3,24)25)14-13-17-7-5-4-6-8-17/h4-12,16H,13-15H2,1-3H3,(H,21,23). The van der Waals surface area contributed by atoms with Crippen molar-refractivity contribution in [2.24, 2.45) is 0 Å². The van der Waals surface area contributed by atoms with Gasteiger partial charge in [-0.05, 0) is 36.6 Å². The fraction of sp³-hybridized carbons (Fsp3) is 0.350. The molecule has 0 saturated carbocycles. The van der Waals surface area contributed by atoms with Gasteiger partial charge in [-0.3, -0.25) is 4.79 Å². The molecule has 1 unspecified atom stereocenters. The molecule has 0 heterocycles. The van der Waals surface area contributed by atoms with E-state index in [2.05, 4.69) is 5.32 Å². The lowest BCUT2D eigenvalue weighted by atomic mass is 10.1. The molecular weight excluding hydrogens is 364 g/mol. The van der Waals surface area contributed by atoms with E-state index in [1.807, 2.05) is 61.5 Å². The van der Waals surface area contributed by atoms with Crippen LogP contribution in [0.1, 0.15) is 24.1 Å². The Morgan fingerprint density at radius 3 is 2.30 bits per heavy atom.